The van der Waals surface area contributed by atoms with Crippen molar-refractivity contribution >= 4 is 18.0 Å². The molecule has 0 fully saturated rings. The van der Waals surface area contributed by atoms with Crippen LogP contribution in [-0.2, 0) is 27.3 Å². The van der Waals surface area contributed by atoms with Crippen LogP contribution in [0.25, 0.3) is 6.08 Å². The molecule has 1 aliphatic rings. The fourth-order valence-electron chi connectivity index (χ4n) is 1.66. The van der Waals surface area contributed by atoms with E-state index < -0.39 is 5.97 Å². The fraction of sp³-hybridized carbons (Fsp3) is 0.273. The second-order valence-electron chi connectivity index (χ2n) is 3.51. The Morgan fingerprint density at radius 1 is 1.56 bits per heavy atom. The third-order valence-electron chi connectivity index (χ3n) is 2.51. The Morgan fingerprint density at radius 2 is 2.38 bits per heavy atom. The summed E-state index contributed by atoms with van der Waals surface area (Å²) in [6.45, 7) is 0.514. The standard InChI is InChI=1S/C11H12N2O3/c1-16-11(15)3-2-7-5-12-9-6-13-10(14)4-8(7)9/h2-3,5,12H,4,6H2,1H3,(H,13,14)/b3-2+. The molecule has 2 rings (SSSR count). The predicted octanol–water partition coefficient (Wildman–Crippen LogP) is 0.373. The van der Waals surface area contributed by atoms with Crippen molar-refractivity contribution in [3.8, 4) is 0 Å². The molecule has 0 radical (unpaired) electrons. The van der Waals surface area contributed by atoms with Crippen molar-refractivity contribution in [1.82, 2.24) is 10.3 Å². The highest BCUT2D eigenvalue weighted by Gasteiger charge is 2.18. The normalized spacial score (nSPS) is 14.7. The summed E-state index contributed by atoms with van der Waals surface area (Å²) in [6, 6.07) is 0. The van der Waals surface area contributed by atoms with Crippen LogP contribution in [0.5, 0.6) is 0 Å². The highest BCUT2D eigenvalue weighted by Crippen LogP contribution is 2.19. The first-order valence-corrected chi connectivity index (χ1v) is 4.92. The molecule has 0 aromatic carbocycles. The minimum atomic E-state index is -0.407. The Balaban J connectivity index is 2.23. The summed E-state index contributed by atoms with van der Waals surface area (Å²) in [4.78, 5) is 25.2. The number of ether oxygens (including phenoxy) is 1. The molecule has 0 atom stereocenters. The molecular formula is C11H12N2O3. The lowest BCUT2D eigenvalue weighted by molar-refractivity contribution is -0.134. The number of carbonyl (C=O) groups is 2. The van der Waals surface area contributed by atoms with Gasteiger partial charge in [-0.1, -0.05) is 0 Å². The number of H-pyrrole nitrogens is 1. The number of methoxy groups -OCH3 is 1. The molecule has 2 heterocycles. The number of nitrogens with one attached hydrogen (secondary N) is 2. The van der Waals surface area contributed by atoms with Crippen molar-refractivity contribution in [2.75, 3.05) is 7.11 Å². The monoisotopic (exact) mass is 220 g/mol. The van der Waals surface area contributed by atoms with E-state index in [1.807, 2.05) is 0 Å². The average Bonchev–Trinajstić information content (AvgIpc) is 2.68. The molecular weight excluding hydrogens is 208 g/mol. The molecule has 16 heavy (non-hydrogen) atoms. The van der Waals surface area contributed by atoms with Crippen LogP contribution in [0.15, 0.2) is 12.3 Å². The van der Waals surface area contributed by atoms with Crippen molar-refractivity contribution in [3.63, 3.8) is 0 Å². The molecule has 5 nitrogen and oxygen atoms in total. The Kier molecular flexibility index (Phi) is 2.76. The van der Waals surface area contributed by atoms with Gasteiger partial charge in [0.1, 0.15) is 0 Å². The Morgan fingerprint density at radius 3 is 3.12 bits per heavy atom. The van der Waals surface area contributed by atoms with E-state index in [1.54, 1.807) is 12.3 Å². The number of hydrogen-bond acceptors (Lipinski definition) is 3. The topological polar surface area (TPSA) is 71.2 Å². The van der Waals surface area contributed by atoms with Crippen LogP contribution >= 0.6 is 0 Å². The van der Waals surface area contributed by atoms with Gasteiger partial charge in [0.25, 0.3) is 0 Å². The Hall–Kier alpha value is -2.04. The van der Waals surface area contributed by atoms with E-state index in [0.717, 1.165) is 16.8 Å². The highest BCUT2D eigenvalue weighted by atomic mass is 16.5. The maximum absolute atomic E-state index is 11.2. The zero-order valence-corrected chi connectivity index (χ0v) is 8.87. The SMILES string of the molecule is COC(=O)/C=C/c1c[nH]c2c1CC(=O)NC2. The smallest absolute Gasteiger partial charge is 0.330 e. The highest BCUT2D eigenvalue weighted by molar-refractivity contribution is 5.88. The number of hydrogen-bond donors (Lipinski definition) is 2. The number of esters is 1. The van der Waals surface area contributed by atoms with Crippen LogP contribution in [0.1, 0.15) is 16.8 Å². The molecule has 84 valence electrons. The van der Waals surface area contributed by atoms with Gasteiger partial charge >= 0.3 is 5.97 Å². The fourth-order valence-corrected chi connectivity index (χ4v) is 1.66. The Bertz CT molecular complexity index is 460. The summed E-state index contributed by atoms with van der Waals surface area (Å²) in [6.07, 6.45) is 5.12. The van der Waals surface area contributed by atoms with E-state index in [2.05, 4.69) is 15.0 Å². The minimum Gasteiger partial charge on any atom is -0.466 e. The molecule has 5 heteroatoms. The number of fused-ring (bicyclic) bond motifs is 1. The van der Waals surface area contributed by atoms with Gasteiger partial charge in [-0.2, -0.15) is 0 Å². The van der Waals surface area contributed by atoms with Crippen LogP contribution in [-0.4, -0.2) is 24.0 Å². The number of amides is 1. The van der Waals surface area contributed by atoms with Crippen LogP contribution < -0.4 is 5.32 Å². The van der Waals surface area contributed by atoms with Gasteiger partial charge in [-0.15, -0.1) is 0 Å². The van der Waals surface area contributed by atoms with Gasteiger partial charge < -0.3 is 15.0 Å². The van der Waals surface area contributed by atoms with Crippen LogP contribution in [0.2, 0.25) is 0 Å². The van der Waals surface area contributed by atoms with Crippen molar-refractivity contribution in [1.29, 1.82) is 0 Å². The van der Waals surface area contributed by atoms with Crippen LogP contribution in [0, 0.1) is 0 Å². The zero-order valence-electron chi connectivity index (χ0n) is 8.87. The summed E-state index contributed by atoms with van der Waals surface area (Å²) < 4.78 is 4.50. The minimum absolute atomic E-state index is 0.000168. The summed E-state index contributed by atoms with van der Waals surface area (Å²) in [7, 11) is 1.33. The van der Waals surface area contributed by atoms with Crippen molar-refractivity contribution in [2.45, 2.75) is 13.0 Å². The third-order valence-corrected chi connectivity index (χ3v) is 2.51. The molecule has 0 saturated heterocycles. The van der Waals surface area contributed by atoms with Gasteiger partial charge in [-0.05, 0) is 17.2 Å². The van der Waals surface area contributed by atoms with E-state index in [0.29, 0.717) is 13.0 Å². The zero-order chi connectivity index (χ0) is 11.5. The largest absolute Gasteiger partial charge is 0.466 e. The van der Waals surface area contributed by atoms with Gasteiger partial charge in [0.2, 0.25) is 5.91 Å². The van der Waals surface area contributed by atoms with E-state index >= 15 is 0 Å². The molecule has 0 spiro atoms. The molecule has 0 bridgehead atoms. The summed E-state index contributed by atoms with van der Waals surface area (Å²) in [5.41, 5.74) is 2.79. The molecule has 0 unspecified atom stereocenters. The van der Waals surface area contributed by atoms with Crippen LogP contribution in [0.4, 0.5) is 0 Å². The first-order chi connectivity index (χ1) is 7.70. The lowest BCUT2D eigenvalue weighted by atomic mass is 10.0. The van der Waals surface area contributed by atoms with Gasteiger partial charge in [0.05, 0.1) is 20.1 Å². The van der Waals surface area contributed by atoms with Gasteiger partial charge in [-0.3, -0.25) is 4.79 Å². The van der Waals surface area contributed by atoms with E-state index in [1.165, 1.54) is 13.2 Å². The van der Waals surface area contributed by atoms with Crippen molar-refractivity contribution < 1.29 is 14.3 Å². The third kappa shape index (κ3) is 1.98. The molecule has 1 aromatic heterocycles. The Labute approximate surface area is 92.5 Å². The van der Waals surface area contributed by atoms with Crippen LogP contribution in [0.3, 0.4) is 0 Å². The molecule has 0 saturated carbocycles. The average molecular weight is 220 g/mol. The van der Waals surface area contributed by atoms with Gasteiger partial charge in [-0.25, -0.2) is 4.79 Å². The molecule has 0 aliphatic carbocycles. The summed E-state index contributed by atoms with van der Waals surface area (Å²) >= 11 is 0. The molecule has 1 aromatic rings. The van der Waals surface area contributed by atoms with Crippen molar-refractivity contribution in [3.05, 3.63) is 29.1 Å². The first kappa shape index (κ1) is 10.5. The predicted molar refractivity (Wildman–Crippen MR) is 57.4 cm³/mol. The van der Waals surface area contributed by atoms with E-state index in [4.69, 9.17) is 0 Å². The molecule has 1 amide bonds. The van der Waals surface area contributed by atoms with Gasteiger partial charge in [0.15, 0.2) is 0 Å². The quantitative estimate of drug-likeness (QED) is 0.559. The second kappa shape index (κ2) is 4.22. The summed E-state index contributed by atoms with van der Waals surface area (Å²) in [5, 5.41) is 2.74. The number of aromatic amines is 1. The van der Waals surface area contributed by atoms with E-state index in [-0.39, 0.29) is 5.91 Å². The second-order valence-corrected chi connectivity index (χ2v) is 3.51. The number of rotatable bonds is 2. The first-order valence-electron chi connectivity index (χ1n) is 4.92. The van der Waals surface area contributed by atoms with E-state index in [9.17, 15) is 9.59 Å². The molecule has 1 aliphatic heterocycles. The lowest BCUT2D eigenvalue weighted by Gasteiger charge is -2.12. The number of carbonyl (C=O) groups excluding carboxylic acids is 2. The maximum Gasteiger partial charge on any atom is 0.330 e. The number of aromatic nitrogens is 1. The molecule has 2 N–H and O–H groups in total. The van der Waals surface area contributed by atoms with Crippen molar-refractivity contribution in [2.24, 2.45) is 0 Å². The van der Waals surface area contributed by atoms with Gasteiger partial charge in [0, 0.05) is 18.0 Å². The summed E-state index contributed by atoms with van der Waals surface area (Å²) in [5.74, 6) is -0.407. The maximum atomic E-state index is 11.2. The lowest BCUT2D eigenvalue weighted by Crippen LogP contribution is -2.30.